The van der Waals surface area contributed by atoms with E-state index in [2.05, 4.69) is 36.1 Å². The molecule has 3 heterocycles. The maximum Gasteiger partial charge on any atom is 0.327 e. The van der Waals surface area contributed by atoms with Crippen LogP contribution in [-0.2, 0) is 27.3 Å². The van der Waals surface area contributed by atoms with Crippen molar-refractivity contribution in [2.45, 2.75) is 44.3 Å². The van der Waals surface area contributed by atoms with E-state index in [1.54, 1.807) is 13.1 Å². The van der Waals surface area contributed by atoms with Crippen molar-refractivity contribution in [3.8, 4) is 0 Å². The van der Waals surface area contributed by atoms with Gasteiger partial charge < -0.3 is 26.2 Å². The molecule has 1 fully saturated rings. The summed E-state index contributed by atoms with van der Waals surface area (Å²) >= 11 is 7.21. The van der Waals surface area contributed by atoms with Crippen LogP contribution in [0.15, 0.2) is 18.3 Å². The minimum absolute atomic E-state index is 0.119. The van der Waals surface area contributed by atoms with Crippen molar-refractivity contribution < 1.29 is 24.2 Å². The first-order chi connectivity index (χ1) is 17.2. The van der Waals surface area contributed by atoms with E-state index in [0.29, 0.717) is 29.3 Å². The summed E-state index contributed by atoms with van der Waals surface area (Å²) in [6, 6.07) is 1.98. The van der Waals surface area contributed by atoms with Crippen LogP contribution in [0.4, 0.5) is 5.82 Å². The van der Waals surface area contributed by atoms with Gasteiger partial charge in [-0.1, -0.05) is 22.9 Å². The fourth-order valence-corrected chi connectivity index (χ4v) is 5.76. The van der Waals surface area contributed by atoms with Crippen LogP contribution in [0.25, 0.3) is 0 Å². The summed E-state index contributed by atoms with van der Waals surface area (Å²) in [5, 5.41) is 11.7. The number of thiazole rings is 1. The summed E-state index contributed by atoms with van der Waals surface area (Å²) in [5.41, 5.74) is 1.06. The van der Waals surface area contributed by atoms with Gasteiger partial charge >= 0.3 is 22.7 Å². The molecule has 5 N–H and O–H groups in total. The number of aromatic nitrogens is 2. The zero-order valence-electron chi connectivity index (χ0n) is 20.0. The molecule has 1 aliphatic heterocycles. The first kappa shape index (κ1) is 26.0. The Morgan fingerprint density at radius 2 is 1.94 bits per heavy atom. The number of anilines is 1. The molecule has 2 aliphatic rings. The molecule has 0 unspecified atom stereocenters. The van der Waals surface area contributed by atoms with Crippen LogP contribution in [0, 0.1) is 5.92 Å². The maximum atomic E-state index is 13.1. The molecule has 1 saturated carbocycles. The lowest BCUT2D eigenvalue weighted by atomic mass is 9.81. The third-order valence-electron chi connectivity index (χ3n) is 6.47. The summed E-state index contributed by atoms with van der Waals surface area (Å²) in [5.74, 6) is -2.27. The first-order valence-corrected chi connectivity index (χ1v) is 12.9. The van der Waals surface area contributed by atoms with Gasteiger partial charge in [0.15, 0.2) is 5.69 Å². The largest absolute Gasteiger partial charge is 0.359 e. The zero-order valence-corrected chi connectivity index (χ0v) is 21.6. The number of carbonyl (C=O) groups is 4. The van der Waals surface area contributed by atoms with Crippen LogP contribution in [0.5, 0.6) is 0 Å². The maximum absolute atomic E-state index is 13.1. The smallest absolute Gasteiger partial charge is 0.327 e. The number of pyridine rings is 1. The average Bonchev–Trinajstić information content (AvgIpc) is 3.29. The Bertz CT molecular complexity index is 1160. The SMILES string of the molecule is CNC(=O)[C@H]1CC[C@H](NC(=O)C(=O)Nc2ccc(Cl)cn2)[C@H](NC(=O)c2[nH+]c3c(s2)CN(C)CC3)C1. The fourth-order valence-electron chi connectivity index (χ4n) is 4.51. The minimum atomic E-state index is -0.883. The third kappa shape index (κ3) is 6.18. The van der Waals surface area contributed by atoms with Crippen molar-refractivity contribution in [1.82, 2.24) is 25.8 Å². The average molecular weight is 535 g/mol. The molecule has 0 spiro atoms. The number of H-pyrrole nitrogens is 1. The number of nitrogens with zero attached hydrogens (tertiary/aromatic N) is 2. The number of hydrogen-bond acceptors (Lipinski definition) is 7. The molecular formula is C23H29ClN7O4S+. The van der Waals surface area contributed by atoms with E-state index in [9.17, 15) is 19.2 Å². The Morgan fingerprint density at radius 3 is 2.67 bits per heavy atom. The summed E-state index contributed by atoms with van der Waals surface area (Å²) in [4.78, 5) is 61.0. The molecule has 4 rings (SSSR count). The molecule has 2 aromatic heterocycles. The normalized spacial score (nSPS) is 21.7. The second-order valence-corrected chi connectivity index (χ2v) is 10.6. The van der Waals surface area contributed by atoms with Gasteiger partial charge in [0.2, 0.25) is 5.91 Å². The lowest BCUT2D eigenvalue weighted by Crippen LogP contribution is -2.57. The number of halogens is 1. The highest BCUT2D eigenvalue weighted by molar-refractivity contribution is 7.13. The molecule has 0 bridgehead atoms. The van der Waals surface area contributed by atoms with Gasteiger partial charge in [-0.25, -0.2) is 4.98 Å². The van der Waals surface area contributed by atoms with Crippen molar-refractivity contribution in [2.75, 3.05) is 26.0 Å². The third-order valence-corrected chi connectivity index (χ3v) is 7.80. The molecule has 0 aromatic carbocycles. The van der Waals surface area contributed by atoms with Crippen LogP contribution in [0.2, 0.25) is 5.02 Å². The number of rotatable bonds is 5. The molecule has 13 heteroatoms. The Hall–Kier alpha value is -3.09. The molecule has 2 aromatic rings. The van der Waals surface area contributed by atoms with E-state index >= 15 is 0 Å². The number of likely N-dealkylation sites (N-methyl/N-ethyl adjacent to an activating group) is 1. The Balaban J connectivity index is 1.44. The summed E-state index contributed by atoms with van der Waals surface area (Å²) in [6.07, 6.45) is 3.48. The topological polar surface area (TPSA) is 147 Å². The predicted molar refractivity (Wildman–Crippen MR) is 133 cm³/mol. The van der Waals surface area contributed by atoms with E-state index in [1.807, 2.05) is 7.05 Å². The Labute approximate surface area is 217 Å². The molecule has 3 atom stereocenters. The predicted octanol–water partition coefficient (Wildman–Crippen LogP) is 0.367. The van der Waals surface area contributed by atoms with Crippen LogP contribution in [0.3, 0.4) is 0 Å². The quantitative estimate of drug-likeness (QED) is 0.407. The summed E-state index contributed by atoms with van der Waals surface area (Å²) in [6.45, 7) is 1.70. The zero-order chi connectivity index (χ0) is 25.8. The second-order valence-electron chi connectivity index (χ2n) is 9.05. The van der Waals surface area contributed by atoms with E-state index in [1.165, 1.54) is 23.6 Å². The molecule has 0 radical (unpaired) electrons. The number of carbonyl (C=O) groups excluding carboxylic acids is 4. The molecule has 36 heavy (non-hydrogen) atoms. The van der Waals surface area contributed by atoms with Crippen molar-refractivity contribution >= 4 is 52.4 Å². The Kier molecular flexibility index (Phi) is 8.17. The minimum Gasteiger partial charge on any atom is -0.359 e. The lowest BCUT2D eigenvalue weighted by Gasteiger charge is -2.35. The van der Waals surface area contributed by atoms with Crippen LogP contribution < -0.4 is 26.3 Å². The molecule has 11 nitrogen and oxygen atoms in total. The van der Waals surface area contributed by atoms with Crippen molar-refractivity contribution in [1.29, 1.82) is 0 Å². The fraction of sp³-hybridized carbons (Fsp3) is 0.478. The van der Waals surface area contributed by atoms with E-state index < -0.39 is 23.9 Å². The standard InChI is InChI=1S/C23H28ClN7O4S/c1-25-19(32)12-3-5-14(27-20(33)21(34)30-18-6-4-13(24)10-26-18)16(9-12)28-22(35)23-29-15-7-8-31(2)11-17(15)36-23/h4,6,10,12,14,16H,3,5,7-9,11H2,1-2H3,(H,25,32)(H,27,33)(H,28,35)(H,26,30,34)/p+1/t12-,14-,16+/m0/s1. The number of amides is 4. The van der Waals surface area contributed by atoms with Gasteiger partial charge in [-0.05, 0) is 38.4 Å². The van der Waals surface area contributed by atoms with Gasteiger partial charge in [0.1, 0.15) is 5.82 Å². The van der Waals surface area contributed by atoms with Gasteiger partial charge in [0, 0.05) is 44.7 Å². The van der Waals surface area contributed by atoms with Gasteiger partial charge in [-0.15, -0.1) is 0 Å². The lowest BCUT2D eigenvalue weighted by molar-refractivity contribution is -0.388. The van der Waals surface area contributed by atoms with Crippen molar-refractivity contribution in [3.63, 3.8) is 0 Å². The molecule has 0 saturated heterocycles. The van der Waals surface area contributed by atoms with E-state index in [4.69, 9.17) is 11.6 Å². The number of fused-ring (bicyclic) bond motifs is 1. The van der Waals surface area contributed by atoms with Crippen LogP contribution >= 0.6 is 22.9 Å². The first-order valence-electron chi connectivity index (χ1n) is 11.7. The van der Waals surface area contributed by atoms with Gasteiger partial charge in [-0.2, -0.15) is 4.98 Å². The van der Waals surface area contributed by atoms with Crippen LogP contribution in [0.1, 0.15) is 39.6 Å². The van der Waals surface area contributed by atoms with E-state index in [0.717, 1.165) is 30.1 Å². The second kappa shape index (κ2) is 11.3. The van der Waals surface area contributed by atoms with Gasteiger partial charge in [0.05, 0.1) is 15.9 Å². The number of hydrogen-bond donors (Lipinski definition) is 4. The highest BCUT2D eigenvalue weighted by atomic mass is 35.5. The monoisotopic (exact) mass is 534 g/mol. The highest BCUT2D eigenvalue weighted by Gasteiger charge is 2.38. The van der Waals surface area contributed by atoms with Crippen LogP contribution in [-0.4, -0.2) is 66.2 Å². The highest BCUT2D eigenvalue weighted by Crippen LogP contribution is 2.26. The molecular weight excluding hydrogens is 506 g/mol. The number of nitrogens with one attached hydrogen (secondary N) is 5. The van der Waals surface area contributed by atoms with Gasteiger partial charge in [0.25, 0.3) is 0 Å². The molecule has 4 amide bonds. The number of aromatic amines is 1. The van der Waals surface area contributed by atoms with Crippen molar-refractivity contribution in [3.05, 3.63) is 38.9 Å². The summed E-state index contributed by atoms with van der Waals surface area (Å²) < 4.78 is 0. The molecule has 1 aliphatic carbocycles. The summed E-state index contributed by atoms with van der Waals surface area (Å²) in [7, 11) is 3.61. The van der Waals surface area contributed by atoms with Crippen molar-refractivity contribution in [2.24, 2.45) is 5.92 Å². The Morgan fingerprint density at radius 1 is 1.14 bits per heavy atom. The van der Waals surface area contributed by atoms with E-state index in [-0.39, 0.29) is 23.6 Å². The van der Waals surface area contributed by atoms with Gasteiger partial charge in [-0.3, -0.25) is 19.2 Å². The molecule has 192 valence electrons.